The van der Waals surface area contributed by atoms with Crippen molar-refractivity contribution in [3.8, 4) is 0 Å². The molecule has 2 atom stereocenters. The number of amides is 1. The van der Waals surface area contributed by atoms with Crippen LogP contribution >= 0.6 is 0 Å². The van der Waals surface area contributed by atoms with Crippen LogP contribution in [0.3, 0.4) is 0 Å². The molecule has 1 fully saturated rings. The summed E-state index contributed by atoms with van der Waals surface area (Å²) in [5, 5.41) is 2.93. The van der Waals surface area contributed by atoms with Crippen LogP contribution in [-0.2, 0) is 14.8 Å². The molecule has 1 aromatic carbocycles. The molecule has 7 nitrogen and oxygen atoms in total. The fraction of sp³-hybridized carbons (Fsp3) is 0.611. The Bertz CT molecular complexity index is 712. The Morgan fingerprint density at radius 3 is 2.50 bits per heavy atom. The third kappa shape index (κ3) is 5.03. The normalized spacial score (nSPS) is 20.1. The molecule has 0 spiro atoms. The van der Waals surface area contributed by atoms with Crippen molar-refractivity contribution in [1.29, 1.82) is 0 Å². The largest absolute Gasteiger partial charge is 0.377 e. The minimum absolute atomic E-state index is 0.0696. The summed E-state index contributed by atoms with van der Waals surface area (Å²) >= 11 is 0. The monoisotopic (exact) mass is 383 g/mol. The molecule has 1 saturated heterocycles. The molecule has 1 heterocycles. The Morgan fingerprint density at radius 2 is 2.00 bits per heavy atom. The second-order valence-electron chi connectivity index (χ2n) is 7.24. The lowest BCUT2D eigenvalue weighted by Crippen LogP contribution is -2.55. The molecule has 1 amide bonds. The van der Waals surface area contributed by atoms with Crippen molar-refractivity contribution >= 4 is 15.9 Å². The number of nitrogens with two attached hydrogens (primary N) is 1. The van der Waals surface area contributed by atoms with E-state index < -0.39 is 15.6 Å². The highest BCUT2D eigenvalue weighted by atomic mass is 32.2. The first-order valence-corrected chi connectivity index (χ1v) is 10.4. The van der Waals surface area contributed by atoms with Crippen molar-refractivity contribution in [1.82, 2.24) is 10.0 Å². The van der Waals surface area contributed by atoms with Crippen LogP contribution in [0.15, 0.2) is 29.2 Å². The van der Waals surface area contributed by atoms with Crippen LogP contribution in [-0.4, -0.2) is 45.7 Å². The third-order valence-electron chi connectivity index (χ3n) is 5.05. The second-order valence-corrected chi connectivity index (χ2v) is 9.01. The highest BCUT2D eigenvalue weighted by Gasteiger charge is 2.29. The van der Waals surface area contributed by atoms with Gasteiger partial charge in [-0.3, -0.25) is 4.79 Å². The maximum Gasteiger partial charge on any atom is 0.251 e. The fourth-order valence-corrected chi connectivity index (χ4v) is 3.71. The zero-order chi connectivity index (χ0) is 19.4. The van der Waals surface area contributed by atoms with Gasteiger partial charge in [0.2, 0.25) is 10.0 Å². The molecule has 0 radical (unpaired) electrons. The van der Waals surface area contributed by atoms with Gasteiger partial charge >= 0.3 is 0 Å². The maximum atomic E-state index is 12.4. The SMILES string of the molecule is CC(C)C(C)(CN)NC(=O)c1ccc(S(=O)(=O)NCC2CCCO2)cc1. The van der Waals surface area contributed by atoms with Crippen LogP contribution in [0, 0.1) is 5.92 Å². The fourth-order valence-electron chi connectivity index (χ4n) is 2.64. The number of sulfonamides is 1. The Labute approximate surface area is 155 Å². The van der Waals surface area contributed by atoms with Crippen molar-refractivity contribution < 1.29 is 17.9 Å². The van der Waals surface area contributed by atoms with Crippen LogP contribution in [0.1, 0.15) is 44.0 Å². The quantitative estimate of drug-likeness (QED) is 0.626. The van der Waals surface area contributed by atoms with Gasteiger partial charge in [0.15, 0.2) is 0 Å². The number of nitrogens with one attached hydrogen (secondary N) is 2. The lowest BCUT2D eigenvalue weighted by molar-refractivity contribution is 0.0883. The van der Waals surface area contributed by atoms with Crippen molar-refractivity contribution in [3.63, 3.8) is 0 Å². The lowest BCUT2D eigenvalue weighted by atomic mass is 9.88. The molecular weight excluding hydrogens is 354 g/mol. The van der Waals surface area contributed by atoms with E-state index in [1.165, 1.54) is 24.3 Å². The first-order valence-electron chi connectivity index (χ1n) is 8.92. The molecule has 8 heteroatoms. The van der Waals surface area contributed by atoms with E-state index in [0.717, 1.165) is 12.8 Å². The Kier molecular flexibility index (Phi) is 6.79. The topological polar surface area (TPSA) is 111 Å². The predicted molar refractivity (Wildman–Crippen MR) is 100 cm³/mol. The molecule has 0 bridgehead atoms. The van der Waals surface area contributed by atoms with Gasteiger partial charge in [0, 0.05) is 25.3 Å². The van der Waals surface area contributed by atoms with Crippen molar-refractivity contribution in [3.05, 3.63) is 29.8 Å². The van der Waals surface area contributed by atoms with Crippen LogP contribution < -0.4 is 15.8 Å². The maximum absolute atomic E-state index is 12.4. The molecule has 0 aliphatic carbocycles. The molecule has 0 aromatic heterocycles. The van der Waals surface area contributed by atoms with Gasteiger partial charge in [-0.25, -0.2) is 13.1 Å². The number of carbonyl (C=O) groups is 1. The molecule has 26 heavy (non-hydrogen) atoms. The van der Waals surface area contributed by atoms with E-state index in [1.54, 1.807) is 0 Å². The van der Waals surface area contributed by atoms with Gasteiger partial charge in [-0.15, -0.1) is 0 Å². The number of rotatable bonds is 8. The van der Waals surface area contributed by atoms with E-state index in [4.69, 9.17) is 10.5 Å². The lowest BCUT2D eigenvalue weighted by Gasteiger charge is -2.33. The van der Waals surface area contributed by atoms with E-state index in [0.29, 0.717) is 18.7 Å². The zero-order valence-corrected chi connectivity index (χ0v) is 16.4. The Hall–Kier alpha value is -1.48. The zero-order valence-electron chi connectivity index (χ0n) is 15.6. The van der Waals surface area contributed by atoms with E-state index >= 15 is 0 Å². The average molecular weight is 384 g/mol. The smallest absolute Gasteiger partial charge is 0.251 e. The summed E-state index contributed by atoms with van der Waals surface area (Å²) in [7, 11) is -3.63. The predicted octanol–water partition coefficient (Wildman–Crippen LogP) is 1.25. The highest BCUT2D eigenvalue weighted by molar-refractivity contribution is 7.89. The van der Waals surface area contributed by atoms with Crippen LogP contribution in [0.5, 0.6) is 0 Å². The van der Waals surface area contributed by atoms with E-state index in [1.807, 2.05) is 20.8 Å². The molecule has 1 aliphatic heterocycles. The summed E-state index contributed by atoms with van der Waals surface area (Å²) in [4.78, 5) is 12.6. The molecule has 2 unspecified atom stereocenters. The van der Waals surface area contributed by atoms with Crippen LogP contribution in [0.25, 0.3) is 0 Å². The molecule has 2 rings (SSSR count). The van der Waals surface area contributed by atoms with Gasteiger partial charge in [-0.1, -0.05) is 13.8 Å². The summed E-state index contributed by atoms with van der Waals surface area (Å²) in [5.41, 5.74) is 5.66. The first-order chi connectivity index (χ1) is 12.2. The van der Waals surface area contributed by atoms with E-state index in [9.17, 15) is 13.2 Å². The summed E-state index contributed by atoms with van der Waals surface area (Å²) in [6.07, 6.45) is 1.74. The summed E-state index contributed by atoms with van der Waals surface area (Å²) < 4.78 is 32.7. The van der Waals surface area contributed by atoms with Gasteiger partial charge < -0.3 is 15.8 Å². The van der Waals surface area contributed by atoms with E-state index in [2.05, 4.69) is 10.0 Å². The number of ether oxygens (including phenoxy) is 1. The van der Waals surface area contributed by atoms with Crippen molar-refractivity contribution in [2.75, 3.05) is 19.7 Å². The molecule has 1 aromatic rings. The highest BCUT2D eigenvalue weighted by Crippen LogP contribution is 2.17. The third-order valence-corrected chi connectivity index (χ3v) is 6.49. The van der Waals surface area contributed by atoms with Crippen LogP contribution in [0.2, 0.25) is 0 Å². The molecule has 146 valence electrons. The Balaban J connectivity index is 2.03. The summed E-state index contributed by atoms with van der Waals surface area (Å²) in [6, 6.07) is 5.88. The first kappa shape index (κ1) is 20.8. The average Bonchev–Trinajstić information content (AvgIpc) is 3.13. The number of hydrogen-bond acceptors (Lipinski definition) is 5. The van der Waals surface area contributed by atoms with E-state index in [-0.39, 0.29) is 29.4 Å². The molecule has 4 N–H and O–H groups in total. The molecule has 0 saturated carbocycles. The number of benzene rings is 1. The number of hydrogen-bond donors (Lipinski definition) is 3. The molecular formula is C18H29N3O4S. The van der Waals surface area contributed by atoms with Crippen molar-refractivity contribution in [2.45, 2.75) is 50.2 Å². The van der Waals surface area contributed by atoms with Crippen LogP contribution in [0.4, 0.5) is 0 Å². The van der Waals surface area contributed by atoms with Gasteiger partial charge in [-0.2, -0.15) is 0 Å². The molecule has 1 aliphatic rings. The van der Waals surface area contributed by atoms with Gasteiger partial charge in [0.25, 0.3) is 5.91 Å². The van der Waals surface area contributed by atoms with Gasteiger partial charge in [-0.05, 0) is 49.9 Å². The summed E-state index contributed by atoms with van der Waals surface area (Å²) in [5.74, 6) is -0.110. The summed E-state index contributed by atoms with van der Waals surface area (Å²) in [6.45, 7) is 7.12. The second kappa shape index (κ2) is 8.47. The van der Waals surface area contributed by atoms with Gasteiger partial charge in [0.1, 0.15) is 0 Å². The minimum Gasteiger partial charge on any atom is -0.377 e. The van der Waals surface area contributed by atoms with Crippen molar-refractivity contribution in [2.24, 2.45) is 11.7 Å². The Morgan fingerprint density at radius 1 is 1.35 bits per heavy atom. The minimum atomic E-state index is -3.63. The standard InChI is InChI=1S/C18H29N3O4S/c1-13(2)18(3,12-19)21-17(22)14-6-8-16(9-7-14)26(23,24)20-11-15-5-4-10-25-15/h6-9,13,15,20H,4-5,10-12,19H2,1-3H3,(H,21,22). The number of carbonyl (C=O) groups excluding carboxylic acids is 1. The van der Waals surface area contributed by atoms with Gasteiger partial charge in [0.05, 0.1) is 16.5 Å².